The quantitative estimate of drug-likeness (QED) is 0.560. The van der Waals surface area contributed by atoms with Gasteiger partial charge in [0.2, 0.25) is 0 Å². The number of piperidine rings is 2. The lowest BCUT2D eigenvalue weighted by atomic mass is 10.1. The summed E-state index contributed by atoms with van der Waals surface area (Å²) in [6, 6.07) is 0. The topological polar surface area (TPSA) is 61.9 Å². The van der Waals surface area contributed by atoms with Crippen LogP contribution in [0.4, 0.5) is 0 Å². The molecule has 138 valence electrons. The maximum Gasteiger partial charge on any atom is 0.295 e. The van der Waals surface area contributed by atoms with Gasteiger partial charge in [-0.25, -0.2) is 0 Å². The van der Waals surface area contributed by atoms with Gasteiger partial charge in [0.05, 0.1) is 6.61 Å². The summed E-state index contributed by atoms with van der Waals surface area (Å²) in [5.74, 6) is 0.686. The minimum atomic E-state index is -3.07. The van der Waals surface area contributed by atoms with Crippen LogP contribution in [-0.4, -0.2) is 54.7 Å². The highest BCUT2D eigenvalue weighted by Crippen LogP contribution is 2.41. The molecule has 0 aromatic heterocycles. The van der Waals surface area contributed by atoms with Crippen molar-refractivity contribution in [1.82, 2.24) is 14.9 Å². The fraction of sp³-hybridized carbons (Fsp3) is 0.824. The summed E-state index contributed by atoms with van der Waals surface area (Å²) >= 11 is 0. The van der Waals surface area contributed by atoms with E-state index >= 15 is 0 Å². The number of carbonyl (C=O) groups excluding carboxylic acids is 1. The van der Waals surface area contributed by atoms with Crippen LogP contribution < -0.4 is 5.09 Å². The molecule has 0 bridgehead atoms. The van der Waals surface area contributed by atoms with Crippen molar-refractivity contribution in [3.63, 3.8) is 0 Å². The highest BCUT2D eigenvalue weighted by molar-refractivity contribution is 7.57. The summed E-state index contributed by atoms with van der Waals surface area (Å²) < 4.78 is 17.8. The number of carbonyl (C=O) groups is 1. The highest BCUT2D eigenvalue weighted by Gasteiger charge is 2.25. The van der Waals surface area contributed by atoms with Crippen molar-refractivity contribution in [2.45, 2.75) is 52.4 Å². The largest absolute Gasteiger partial charge is 0.358 e. The van der Waals surface area contributed by atoms with E-state index in [0.717, 1.165) is 32.0 Å². The molecule has 2 aliphatic rings. The standard InChI is InChI=1S/C17H32N3O3P/c1-3-23-24(22,4-2)18-16(21)15-17(19-11-7-5-8-12-19)20-13-9-6-10-14-20/h15H,3-14H2,1-2H3,(H,18,21,22). The molecule has 7 heteroatoms. The lowest BCUT2D eigenvalue weighted by Gasteiger charge is -2.39. The van der Waals surface area contributed by atoms with E-state index in [-0.39, 0.29) is 5.91 Å². The Hall–Kier alpha value is -1.00. The molecule has 2 rings (SSSR count). The van der Waals surface area contributed by atoms with Crippen LogP contribution in [0.15, 0.2) is 11.9 Å². The molecule has 1 amide bonds. The third-order valence-electron chi connectivity index (χ3n) is 4.65. The fourth-order valence-corrected chi connectivity index (χ4v) is 4.58. The normalized spacial score (nSPS) is 21.1. The van der Waals surface area contributed by atoms with E-state index in [4.69, 9.17) is 4.52 Å². The van der Waals surface area contributed by atoms with Gasteiger partial charge in [0.1, 0.15) is 5.82 Å². The summed E-state index contributed by atoms with van der Waals surface area (Å²) in [5.41, 5.74) is 0. The number of hydrogen-bond acceptors (Lipinski definition) is 5. The Kier molecular flexibility index (Phi) is 7.63. The van der Waals surface area contributed by atoms with Crippen molar-refractivity contribution in [1.29, 1.82) is 0 Å². The van der Waals surface area contributed by atoms with Gasteiger partial charge in [-0.3, -0.25) is 14.4 Å². The average molecular weight is 357 g/mol. The van der Waals surface area contributed by atoms with E-state index in [9.17, 15) is 9.36 Å². The van der Waals surface area contributed by atoms with Crippen LogP contribution in [0, 0.1) is 0 Å². The lowest BCUT2D eigenvalue weighted by molar-refractivity contribution is -0.115. The molecule has 0 saturated carbocycles. The summed E-state index contributed by atoms with van der Waals surface area (Å²) in [5, 5.41) is 2.62. The Morgan fingerprint density at radius 2 is 1.50 bits per heavy atom. The number of amides is 1. The predicted molar refractivity (Wildman–Crippen MR) is 96.8 cm³/mol. The average Bonchev–Trinajstić information content (AvgIpc) is 2.61. The Bertz CT molecular complexity index is 463. The van der Waals surface area contributed by atoms with Crippen LogP contribution in [0.2, 0.25) is 0 Å². The van der Waals surface area contributed by atoms with Crippen molar-refractivity contribution < 1.29 is 13.9 Å². The molecule has 1 atom stereocenters. The Morgan fingerprint density at radius 3 is 1.92 bits per heavy atom. The summed E-state index contributed by atoms with van der Waals surface area (Å²) in [6.45, 7) is 7.87. The number of nitrogens with zero attached hydrogens (tertiary/aromatic N) is 2. The van der Waals surface area contributed by atoms with Gasteiger partial charge in [0.15, 0.2) is 0 Å². The van der Waals surface area contributed by atoms with Crippen LogP contribution in [0.25, 0.3) is 0 Å². The maximum absolute atomic E-state index is 12.5. The SMILES string of the molecule is CCOP(=O)(CC)NC(=O)C=C(N1CCCCC1)N1CCCCC1. The summed E-state index contributed by atoms with van der Waals surface area (Å²) in [4.78, 5) is 17.1. The predicted octanol–water partition coefficient (Wildman–Crippen LogP) is 3.17. The van der Waals surface area contributed by atoms with Gasteiger partial charge in [-0.2, -0.15) is 0 Å². The van der Waals surface area contributed by atoms with Crippen molar-refractivity contribution in [2.24, 2.45) is 0 Å². The molecule has 2 saturated heterocycles. The van der Waals surface area contributed by atoms with E-state index < -0.39 is 7.52 Å². The monoisotopic (exact) mass is 357 g/mol. The first kappa shape index (κ1) is 19.3. The number of rotatable bonds is 7. The van der Waals surface area contributed by atoms with Gasteiger partial charge in [0.25, 0.3) is 13.4 Å². The Morgan fingerprint density at radius 1 is 1.00 bits per heavy atom. The van der Waals surface area contributed by atoms with Crippen LogP contribution >= 0.6 is 7.52 Å². The molecule has 0 spiro atoms. The van der Waals surface area contributed by atoms with Crippen molar-refractivity contribution in [3.8, 4) is 0 Å². The van der Waals surface area contributed by atoms with Gasteiger partial charge in [-0.15, -0.1) is 0 Å². The van der Waals surface area contributed by atoms with E-state index in [1.807, 2.05) is 0 Å². The minimum Gasteiger partial charge on any atom is -0.358 e. The van der Waals surface area contributed by atoms with Crippen LogP contribution in [0.3, 0.4) is 0 Å². The third kappa shape index (κ3) is 5.52. The van der Waals surface area contributed by atoms with E-state index in [2.05, 4.69) is 14.9 Å². The number of likely N-dealkylation sites (tertiary alicyclic amines) is 2. The summed E-state index contributed by atoms with van der Waals surface area (Å²) in [6.07, 6.45) is 9.12. The van der Waals surface area contributed by atoms with Crippen molar-refractivity contribution in [2.75, 3.05) is 38.9 Å². The van der Waals surface area contributed by atoms with Gasteiger partial charge >= 0.3 is 0 Å². The van der Waals surface area contributed by atoms with Crippen LogP contribution in [0.5, 0.6) is 0 Å². The van der Waals surface area contributed by atoms with Gasteiger partial charge < -0.3 is 14.3 Å². The lowest BCUT2D eigenvalue weighted by Crippen LogP contribution is -2.41. The minimum absolute atomic E-state index is 0.306. The van der Waals surface area contributed by atoms with E-state index in [0.29, 0.717) is 12.8 Å². The fourth-order valence-electron chi connectivity index (χ4n) is 3.36. The van der Waals surface area contributed by atoms with Gasteiger partial charge in [-0.05, 0) is 45.4 Å². The molecule has 2 heterocycles. The molecule has 0 radical (unpaired) electrons. The number of nitrogens with one attached hydrogen (secondary N) is 1. The van der Waals surface area contributed by atoms with Crippen LogP contribution in [0.1, 0.15) is 52.4 Å². The van der Waals surface area contributed by atoms with Crippen molar-refractivity contribution in [3.05, 3.63) is 11.9 Å². The second-order valence-electron chi connectivity index (χ2n) is 6.48. The first-order valence-electron chi connectivity index (χ1n) is 9.35. The van der Waals surface area contributed by atoms with Crippen molar-refractivity contribution >= 4 is 13.4 Å². The molecule has 2 fully saturated rings. The molecular weight excluding hydrogens is 325 g/mol. The second kappa shape index (κ2) is 9.47. The molecule has 1 unspecified atom stereocenters. The zero-order valence-electron chi connectivity index (χ0n) is 15.1. The molecule has 0 aromatic rings. The molecular formula is C17H32N3O3P. The molecule has 6 nitrogen and oxygen atoms in total. The van der Waals surface area contributed by atoms with Crippen LogP contribution in [-0.2, 0) is 13.9 Å². The van der Waals surface area contributed by atoms with Gasteiger partial charge in [0, 0.05) is 38.4 Å². The molecule has 24 heavy (non-hydrogen) atoms. The second-order valence-corrected chi connectivity index (χ2v) is 8.94. The number of hydrogen-bond donors (Lipinski definition) is 1. The van der Waals surface area contributed by atoms with E-state index in [1.165, 1.54) is 38.5 Å². The highest BCUT2D eigenvalue weighted by atomic mass is 31.2. The smallest absolute Gasteiger partial charge is 0.295 e. The molecule has 0 aromatic carbocycles. The third-order valence-corrected chi connectivity index (χ3v) is 6.72. The Labute approximate surface area is 146 Å². The summed E-state index contributed by atoms with van der Waals surface area (Å²) in [7, 11) is -3.07. The van der Waals surface area contributed by atoms with Gasteiger partial charge in [-0.1, -0.05) is 6.92 Å². The molecule has 2 aliphatic heterocycles. The maximum atomic E-state index is 12.5. The Balaban J connectivity index is 2.13. The zero-order chi connectivity index (χ0) is 17.4. The molecule has 1 N–H and O–H groups in total. The first-order valence-corrected chi connectivity index (χ1v) is 11.2. The zero-order valence-corrected chi connectivity index (χ0v) is 16.0. The first-order chi connectivity index (χ1) is 11.6. The molecule has 0 aliphatic carbocycles. The van der Waals surface area contributed by atoms with E-state index in [1.54, 1.807) is 19.9 Å².